The smallest absolute Gasteiger partial charge is 0.333 e. The number of esters is 2. The molecule has 8 nitrogen and oxygen atoms in total. The fourth-order valence-electron chi connectivity index (χ4n) is 3.31. The van der Waals surface area contributed by atoms with Crippen molar-refractivity contribution in [3.63, 3.8) is 0 Å². The molecule has 2 fully saturated rings. The number of nitrogens with two attached hydrogens (primary N) is 1. The molecule has 1 aromatic carbocycles. The van der Waals surface area contributed by atoms with Gasteiger partial charge in [0.05, 0.1) is 11.1 Å². The number of carbonyl (C=O) groups is 4. The lowest BCUT2D eigenvalue weighted by Gasteiger charge is -2.28. The van der Waals surface area contributed by atoms with Crippen LogP contribution in [0.3, 0.4) is 0 Å². The third-order valence-corrected chi connectivity index (χ3v) is 5.32. The van der Waals surface area contributed by atoms with Gasteiger partial charge in [-0.25, -0.2) is 4.79 Å². The summed E-state index contributed by atoms with van der Waals surface area (Å²) < 4.78 is 10.5. The number of benzene rings is 1. The molecule has 1 heterocycles. The average Bonchev–Trinajstić information content (AvgIpc) is 3.56. The Bertz CT molecular complexity index is 926. The molecule has 2 amide bonds. The SMILES string of the molecule is CC(C)(C)OC(=O)C1(N)CC1.CC(C)(C)OC(=O)C1(N2C(=O)c3ccccc3C2=O)CC1. The third kappa shape index (κ3) is 4.85. The number of hydrogen-bond acceptors (Lipinski definition) is 7. The molecule has 8 heteroatoms. The topological polar surface area (TPSA) is 116 Å². The summed E-state index contributed by atoms with van der Waals surface area (Å²) in [5.41, 5.74) is 3.53. The van der Waals surface area contributed by atoms with Crippen molar-refractivity contribution in [3.8, 4) is 0 Å². The molecule has 0 radical (unpaired) electrons. The van der Waals surface area contributed by atoms with E-state index in [-0.39, 0.29) is 5.97 Å². The van der Waals surface area contributed by atoms with Crippen LogP contribution >= 0.6 is 0 Å². The van der Waals surface area contributed by atoms with E-state index in [2.05, 4.69) is 0 Å². The highest BCUT2D eigenvalue weighted by Crippen LogP contribution is 2.47. The Morgan fingerprint density at radius 3 is 1.56 bits per heavy atom. The van der Waals surface area contributed by atoms with Crippen LogP contribution in [0.5, 0.6) is 0 Å². The minimum atomic E-state index is -1.11. The molecule has 2 saturated carbocycles. The van der Waals surface area contributed by atoms with E-state index in [4.69, 9.17) is 15.2 Å². The van der Waals surface area contributed by atoms with Crippen LogP contribution in [0.15, 0.2) is 24.3 Å². The van der Waals surface area contributed by atoms with Crippen LogP contribution in [0, 0.1) is 0 Å². The maximum absolute atomic E-state index is 12.5. The number of carbonyl (C=O) groups excluding carboxylic acids is 4. The summed E-state index contributed by atoms with van der Waals surface area (Å²) in [5, 5.41) is 0. The fourth-order valence-corrected chi connectivity index (χ4v) is 3.31. The van der Waals surface area contributed by atoms with E-state index in [0.717, 1.165) is 17.7 Å². The van der Waals surface area contributed by atoms with Crippen LogP contribution < -0.4 is 5.73 Å². The quantitative estimate of drug-likeness (QED) is 0.563. The number of nitrogens with zero attached hydrogens (tertiary/aromatic N) is 1. The minimum Gasteiger partial charge on any atom is -0.459 e. The van der Waals surface area contributed by atoms with Crippen molar-refractivity contribution in [1.29, 1.82) is 0 Å². The molecular formula is C24H32N2O6. The van der Waals surface area contributed by atoms with Gasteiger partial charge in [-0.3, -0.25) is 19.3 Å². The standard InChI is InChI=1S/C16H17NO4.C8H15NO2/c1-15(2,3)21-14(20)16(8-9-16)17-12(18)10-6-4-5-7-11(10)13(17)19;1-7(2,3)11-6(10)8(9)4-5-8/h4-7H,8-9H2,1-3H3;4-5,9H2,1-3H3. The summed E-state index contributed by atoms with van der Waals surface area (Å²) in [7, 11) is 0. The van der Waals surface area contributed by atoms with Gasteiger partial charge in [-0.05, 0) is 79.4 Å². The molecule has 0 aromatic heterocycles. The Labute approximate surface area is 188 Å². The van der Waals surface area contributed by atoms with Crippen LogP contribution in [0.2, 0.25) is 0 Å². The second-order valence-corrected chi connectivity index (χ2v) is 10.7. The van der Waals surface area contributed by atoms with Crippen molar-refractivity contribution < 1.29 is 28.7 Å². The summed E-state index contributed by atoms with van der Waals surface area (Å²) in [5.74, 6) is -1.56. The summed E-state index contributed by atoms with van der Waals surface area (Å²) in [6.07, 6.45) is 2.46. The van der Waals surface area contributed by atoms with Gasteiger partial charge in [0.25, 0.3) is 11.8 Å². The highest BCUT2D eigenvalue weighted by Gasteiger charge is 2.63. The Morgan fingerprint density at radius 2 is 1.22 bits per heavy atom. The first-order valence-corrected chi connectivity index (χ1v) is 10.8. The number of amides is 2. The molecule has 0 saturated heterocycles. The molecule has 1 aromatic rings. The summed E-state index contributed by atoms with van der Waals surface area (Å²) in [4.78, 5) is 49.6. The molecule has 1 aliphatic heterocycles. The molecule has 0 atom stereocenters. The minimum absolute atomic E-state index is 0.259. The van der Waals surface area contributed by atoms with Gasteiger partial charge in [0, 0.05) is 0 Å². The lowest BCUT2D eigenvalue weighted by Crippen LogP contribution is -2.49. The molecule has 174 valence electrons. The maximum atomic E-state index is 12.5. The first-order chi connectivity index (χ1) is 14.6. The Balaban J connectivity index is 0.000000222. The monoisotopic (exact) mass is 444 g/mol. The number of rotatable bonds is 3. The highest BCUT2D eigenvalue weighted by molar-refractivity contribution is 6.23. The van der Waals surface area contributed by atoms with Crippen molar-refractivity contribution in [2.24, 2.45) is 5.73 Å². The Kier molecular flexibility index (Phi) is 5.75. The zero-order chi connectivity index (χ0) is 24.1. The maximum Gasteiger partial charge on any atom is 0.333 e. The number of hydrogen-bond donors (Lipinski definition) is 1. The lowest BCUT2D eigenvalue weighted by molar-refractivity contribution is -0.161. The lowest BCUT2D eigenvalue weighted by atomic mass is 10.1. The summed E-state index contributed by atoms with van der Waals surface area (Å²) in [6, 6.07) is 6.64. The van der Waals surface area contributed by atoms with E-state index < -0.39 is 40.1 Å². The van der Waals surface area contributed by atoms with Crippen molar-refractivity contribution >= 4 is 23.8 Å². The van der Waals surface area contributed by atoms with Gasteiger partial charge in [-0.1, -0.05) is 12.1 Å². The van der Waals surface area contributed by atoms with Gasteiger partial charge in [0.2, 0.25) is 0 Å². The van der Waals surface area contributed by atoms with E-state index >= 15 is 0 Å². The fraction of sp³-hybridized carbons (Fsp3) is 0.583. The third-order valence-electron chi connectivity index (χ3n) is 5.32. The van der Waals surface area contributed by atoms with E-state index in [9.17, 15) is 19.2 Å². The highest BCUT2D eigenvalue weighted by atomic mass is 16.6. The van der Waals surface area contributed by atoms with Crippen molar-refractivity contribution in [2.75, 3.05) is 0 Å². The predicted octanol–water partition coefficient (Wildman–Crippen LogP) is 2.98. The van der Waals surface area contributed by atoms with Gasteiger partial charge < -0.3 is 15.2 Å². The van der Waals surface area contributed by atoms with Crippen LogP contribution in [0.4, 0.5) is 0 Å². The molecule has 4 rings (SSSR count). The van der Waals surface area contributed by atoms with E-state index in [0.29, 0.717) is 24.0 Å². The number of fused-ring (bicyclic) bond motifs is 1. The zero-order valence-electron chi connectivity index (χ0n) is 19.6. The van der Waals surface area contributed by atoms with Gasteiger partial charge in [-0.15, -0.1) is 0 Å². The zero-order valence-corrected chi connectivity index (χ0v) is 19.6. The first-order valence-electron chi connectivity index (χ1n) is 10.8. The van der Waals surface area contributed by atoms with Crippen LogP contribution in [0.1, 0.15) is 87.9 Å². The van der Waals surface area contributed by atoms with E-state index in [1.54, 1.807) is 45.0 Å². The van der Waals surface area contributed by atoms with Gasteiger partial charge in [0.15, 0.2) is 0 Å². The first kappa shape index (κ1) is 23.9. The van der Waals surface area contributed by atoms with E-state index in [1.165, 1.54) is 0 Å². The Hall–Kier alpha value is -2.74. The number of imide groups is 1. The van der Waals surface area contributed by atoms with Crippen molar-refractivity contribution in [2.45, 2.75) is 89.5 Å². The Morgan fingerprint density at radius 1 is 0.812 bits per heavy atom. The van der Waals surface area contributed by atoms with Gasteiger partial charge >= 0.3 is 11.9 Å². The molecule has 32 heavy (non-hydrogen) atoms. The molecule has 0 unspecified atom stereocenters. The molecule has 2 N–H and O–H groups in total. The van der Waals surface area contributed by atoms with Crippen LogP contribution in [-0.2, 0) is 19.1 Å². The van der Waals surface area contributed by atoms with E-state index in [1.807, 2.05) is 20.8 Å². The largest absolute Gasteiger partial charge is 0.459 e. The van der Waals surface area contributed by atoms with Crippen LogP contribution in [-0.4, -0.2) is 50.9 Å². The van der Waals surface area contributed by atoms with Gasteiger partial charge in [0.1, 0.15) is 22.3 Å². The predicted molar refractivity (Wildman–Crippen MR) is 117 cm³/mol. The molecule has 0 bridgehead atoms. The van der Waals surface area contributed by atoms with Crippen molar-refractivity contribution in [3.05, 3.63) is 35.4 Å². The van der Waals surface area contributed by atoms with Gasteiger partial charge in [-0.2, -0.15) is 0 Å². The molecule has 3 aliphatic rings. The molecular weight excluding hydrogens is 412 g/mol. The molecule has 0 spiro atoms. The second kappa shape index (κ2) is 7.69. The summed E-state index contributed by atoms with van der Waals surface area (Å²) in [6.45, 7) is 10.8. The average molecular weight is 445 g/mol. The number of ether oxygens (including phenoxy) is 2. The summed E-state index contributed by atoms with van der Waals surface area (Å²) >= 11 is 0. The second-order valence-electron chi connectivity index (χ2n) is 10.7. The molecule has 2 aliphatic carbocycles. The van der Waals surface area contributed by atoms with Crippen molar-refractivity contribution in [1.82, 2.24) is 4.90 Å². The normalized spacial score (nSPS) is 20.0. The van der Waals surface area contributed by atoms with Crippen LogP contribution in [0.25, 0.3) is 0 Å².